The largest absolute Gasteiger partial charge is 0.486 e. The third-order valence-corrected chi connectivity index (χ3v) is 3.19. The van der Waals surface area contributed by atoms with E-state index in [1.807, 2.05) is 28.7 Å². The van der Waals surface area contributed by atoms with Crippen molar-refractivity contribution in [2.45, 2.75) is 12.8 Å². The van der Waals surface area contributed by atoms with E-state index in [1.54, 1.807) is 6.07 Å². The zero-order valence-electron chi connectivity index (χ0n) is 9.36. The van der Waals surface area contributed by atoms with E-state index < -0.39 is 4.92 Å². The van der Waals surface area contributed by atoms with Crippen LogP contribution in [0.25, 0.3) is 0 Å². The smallest absolute Gasteiger partial charge is 0.313 e. The Morgan fingerprint density at radius 1 is 1.50 bits per heavy atom. The molecule has 0 radical (unpaired) electrons. The highest BCUT2D eigenvalue weighted by Gasteiger charge is 2.20. The van der Waals surface area contributed by atoms with Crippen LogP contribution in [0.3, 0.4) is 0 Å². The Kier molecular flexibility index (Phi) is 6.15. The number of nitrogens with zero attached hydrogens (tertiary/aromatic N) is 2. The van der Waals surface area contributed by atoms with Crippen LogP contribution in [0.2, 0.25) is 0 Å². The molecule has 0 amide bonds. The number of nitro groups is 1. The number of hydrogen-bond donors (Lipinski definition) is 0. The molecule has 0 saturated heterocycles. The van der Waals surface area contributed by atoms with Gasteiger partial charge in [0.05, 0.1) is 26.7 Å². The normalized spacial score (nSPS) is 9.83. The molecule has 0 fully saturated rings. The summed E-state index contributed by atoms with van der Waals surface area (Å²) in [7, 11) is 0. The number of benzene rings is 1. The predicted molar refractivity (Wildman–Crippen MR) is 76.0 cm³/mol. The zero-order chi connectivity index (χ0) is 13.5. The fraction of sp³-hybridized carbons (Fsp3) is 0.364. The van der Waals surface area contributed by atoms with Gasteiger partial charge in [-0.15, -0.1) is 11.6 Å². The van der Waals surface area contributed by atoms with Gasteiger partial charge in [-0.2, -0.15) is 5.26 Å². The molecule has 1 rings (SSSR count). The van der Waals surface area contributed by atoms with Crippen LogP contribution in [0.4, 0.5) is 5.69 Å². The lowest BCUT2D eigenvalue weighted by Gasteiger charge is -2.08. The summed E-state index contributed by atoms with van der Waals surface area (Å²) < 4.78 is 5.97. The lowest BCUT2D eigenvalue weighted by atomic mass is 10.2. The van der Waals surface area contributed by atoms with E-state index in [-0.39, 0.29) is 17.0 Å². The van der Waals surface area contributed by atoms with Gasteiger partial charge in [0, 0.05) is 11.9 Å². The van der Waals surface area contributed by atoms with Gasteiger partial charge in [-0.05, 0) is 41.5 Å². The molecule has 0 atom stereocenters. The minimum Gasteiger partial charge on any atom is -0.486 e. The van der Waals surface area contributed by atoms with Crippen LogP contribution in [0.1, 0.15) is 18.4 Å². The van der Waals surface area contributed by atoms with E-state index in [4.69, 9.17) is 21.6 Å². The number of alkyl halides is 1. The predicted octanol–water partition coefficient (Wildman–Crippen LogP) is 3.47. The molecule has 0 aliphatic rings. The molecule has 0 heterocycles. The van der Waals surface area contributed by atoms with Crippen LogP contribution < -0.4 is 4.74 Å². The summed E-state index contributed by atoms with van der Waals surface area (Å²) in [6.45, 7) is 0.370. The van der Waals surface area contributed by atoms with Gasteiger partial charge in [0.25, 0.3) is 0 Å². The van der Waals surface area contributed by atoms with Crippen molar-refractivity contribution in [3.05, 3.63) is 31.4 Å². The lowest BCUT2D eigenvalue weighted by molar-refractivity contribution is -0.386. The van der Waals surface area contributed by atoms with E-state index in [2.05, 4.69) is 0 Å². The van der Waals surface area contributed by atoms with E-state index in [1.165, 1.54) is 6.07 Å². The second-order valence-corrected chi connectivity index (χ2v) is 4.96. The standard InChI is InChI=1S/C11H10ClIN2O3/c12-3-1-2-4-18-11-9(13)5-8(7-14)6-10(11)15(16)17/h5-6H,1-4H2. The van der Waals surface area contributed by atoms with Gasteiger partial charge in [-0.1, -0.05) is 0 Å². The molecule has 7 heteroatoms. The van der Waals surface area contributed by atoms with Crippen LogP contribution in [0.5, 0.6) is 5.75 Å². The van der Waals surface area contributed by atoms with Gasteiger partial charge in [0.2, 0.25) is 5.75 Å². The Labute approximate surface area is 123 Å². The first-order chi connectivity index (χ1) is 8.60. The Hall–Kier alpha value is -1.07. The SMILES string of the molecule is N#Cc1cc(I)c(OCCCCCl)c([N+](=O)[O-])c1. The monoisotopic (exact) mass is 380 g/mol. The summed E-state index contributed by atoms with van der Waals surface area (Å²) in [6.07, 6.45) is 1.53. The van der Waals surface area contributed by atoms with Crippen molar-refractivity contribution in [3.8, 4) is 11.8 Å². The summed E-state index contributed by atoms with van der Waals surface area (Å²) in [6, 6.07) is 4.67. The third kappa shape index (κ3) is 3.99. The van der Waals surface area contributed by atoms with Crippen LogP contribution in [-0.2, 0) is 0 Å². The Morgan fingerprint density at radius 3 is 2.78 bits per heavy atom. The minimum absolute atomic E-state index is 0.177. The average Bonchev–Trinajstić information content (AvgIpc) is 2.35. The number of rotatable bonds is 6. The summed E-state index contributed by atoms with van der Waals surface area (Å²) >= 11 is 7.46. The molecule has 0 bridgehead atoms. The summed E-state index contributed by atoms with van der Waals surface area (Å²) in [4.78, 5) is 10.4. The highest BCUT2D eigenvalue weighted by atomic mass is 127. The van der Waals surface area contributed by atoms with Gasteiger partial charge in [-0.3, -0.25) is 10.1 Å². The molecule has 0 aromatic heterocycles. The first-order valence-corrected chi connectivity index (χ1v) is 6.78. The van der Waals surface area contributed by atoms with Crippen LogP contribution in [-0.4, -0.2) is 17.4 Å². The van der Waals surface area contributed by atoms with E-state index in [0.717, 1.165) is 12.8 Å². The van der Waals surface area contributed by atoms with Gasteiger partial charge >= 0.3 is 5.69 Å². The number of nitriles is 1. The van der Waals surface area contributed by atoms with Gasteiger partial charge in [0.15, 0.2) is 0 Å². The van der Waals surface area contributed by atoms with Crippen molar-refractivity contribution in [1.29, 1.82) is 5.26 Å². The molecule has 0 aliphatic carbocycles. The minimum atomic E-state index is -0.542. The molecule has 0 saturated carbocycles. The maximum Gasteiger partial charge on any atom is 0.313 e. The van der Waals surface area contributed by atoms with Crippen LogP contribution in [0, 0.1) is 25.0 Å². The summed E-state index contributed by atoms with van der Waals surface area (Å²) in [5.41, 5.74) is 0.0727. The molecular formula is C11H10ClIN2O3. The molecule has 18 heavy (non-hydrogen) atoms. The zero-order valence-corrected chi connectivity index (χ0v) is 12.3. The van der Waals surface area contributed by atoms with Gasteiger partial charge in [-0.25, -0.2) is 0 Å². The van der Waals surface area contributed by atoms with E-state index in [0.29, 0.717) is 16.1 Å². The molecule has 96 valence electrons. The van der Waals surface area contributed by atoms with Crippen molar-refractivity contribution in [1.82, 2.24) is 0 Å². The van der Waals surface area contributed by atoms with Gasteiger partial charge in [0.1, 0.15) is 0 Å². The van der Waals surface area contributed by atoms with Crippen molar-refractivity contribution >= 4 is 39.9 Å². The Balaban J connectivity index is 2.95. The van der Waals surface area contributed by atoms with Crippen molar-refractivity contribution < 1.29 is 9.66 Å². The van der Waals surface area contributed by atoms with Crippen molar-refractivity contribution in [2.24, 2.45) is 0 Å². The van der Waals surface area contributed by atoms with Crippen LogP contribution >= 0.6 is 34.2 Å². The van der Waals surface area contributed by atoms with Crippen molar-refractivity contribution in [3.63, 3.8) is 0 Å². The molecular weight excluding hydrogens is 370 g/mol. The third-order valence-electron chi connectivity index (χ3n) is 2.12. The maximum atomic E-state index is 10.9. The van der Waals surface area contributed by atoms with E-state index >= 15 is 0 Å². The first kappa shape index (κ1) is 15.0. The maximum absolute atomic E-state index is 10.9. The molecule has 0 spiro atoms. The molecule has 1 aromatic carbocycles. The number of halogens is 2. The fourth-order valence-electron chi connectivity index (χ4n) is 1.29. The number of nitro benzene ring substituents is 1. The van der Waals surface area contributed by atoms with Crippen LogP contribution in [0.15, 0.2) is 12.1 Å². The Bertz CT molecular complexity index is 488. The Morgan fingerprint density at radius 2 is 2.22 bits per heavy atom. The van der Waals surface area contributed by atoms with Crippen molar-refractivity contribution in [2.75, 3.05) is 12.5 Å². The van der Waals surface area contributed by atoms with Gasteiger partial charge < -0.3 is 4.74 Å². The molecule has 5 nitrogen and oxygen atoms in total. The molecule has 0 unspecified atom stereocenters. The molecule has 0 aliphatic heterocycles. The highest BCUT2D eigenvalue weighted by Crippen LogP contribution is 2.33. The average molecular weight is 381 g/mol. The molecule has 0 N–H and O–H groups in total. The number of unbranched alkanes of at least 4 members (excludes halogenated alkanes) is 1. The highest BCUT2D eigenvalue weighted by molar-refractivity contribution is 14.1. The fourth-order valence-corrected chi connectivity index (χ4v) is 2.25. The lowest BCUT2D eigenvalue weighted by Crippen LogP contribution is -2.03. The summed E-state index contributed by atoms with van der Waals surface area (Å²) in [5.74, 6) is 0.754. The molecule has 1 aromatic rings. The van der Waals surface area contributed by atoms with E-state index in [9.17, 15) is 10.1 Å². The second kappa shape index (κ2) is 7.38. The quantitative estimate of drug-likeness (QED) is 0.249. The topological polar surface area (TPSA) is 76.2 Å². The second-order valence-electron chi connectivity index (χ2n) is 3.42. The number of ether oxygens (including phenoxy) is 1. The first-order valence-electron chi connectivity index (χ1n) is 5.17. The number of hydrogen-bond acceptors (Lipinski definition) is 4. The summed E-state index contributed by atoms with van der Waals surface area (Å²) in [5, 5.41) is 19.7.